The van der Waals surface area contributed by atoms with Crippen molar-refractivity contribution in [2.75, 3.05) is 44.8 Å². The molecule has 0 saturated heterocycles. The van der Waals surface area contributed by atoms with Gasteiger partial charge in [0.15, 0.2) is 18.1 Å². The summed E-state index contributed by atoms with van der Waals surface area (Å²) in [6.07, 6.45) is 0. The van der Waals surface area contributed by atoms with E-state index in [2.05, 4.69) is 46.1 Å². The lowest BCUT2D eigenvalue weighted by Gasteiger charge is -2.18. The first-order chi connectivity index (χ1) is 15.0. The number of rotatable bonds is 12. The summed E-state index contributed by atoms with van der Waals surface area (Å²) in [6, 6.07) is 12.5. The van der Waals surface area contributed by atoms with Crippen molar-refractivity contribution in [1.82, 2.24) is 4.90 Å². The van der Waals surface area contributed by atoms with Crippen molar-refractivity contribution in [1.29, 1.82) is 5.26 Å². The first kappa shape index (κ1) is 24.5. The SMILES string of the molecule is CCOc1cc(C#N)cc(Br)c1OCC(=O)Nc1ccc(OCCN(CC)CC)cc1. The third-order valence-electron chi connectivity index (χ3n) is 4.49. The molecule has 0 aliphatic heterocycles. The van der Waals surface area contributed by atoms with E-state index >= 15 is 0 Å². The molecule has 0 spiro atoms. The van der Waals surface area contributed by atoms with E-state index < -0.39 is 0 Å². The number of ether oxygens (including phenoxy) is 3. The fourth-order valence-corrected chi connectivity index (χ4v) is 3.39. The molecule has 2 aromatic carbocycles. The van der Waals surface area contributed by atoms with Crippen LogP contribution in [0.3, 0.4) is 0 Å². The van der Waals surface area contributed by atoms with Crippen molar-refractivity contribution in [2.45, 2.75) is 20.8 Å². The van der Waals surface area contributed by atoms with Gasteiger partial charge in [-0.1, -0.05) is 13.8 Å². The van der Waals surface area contributed by atoms with Crippen molar-refractivity contribution in [3.05, 3.63) is 46.4 Å². The van der Waals surface area contributed by atoms with Gasteiger partial charge in [-0.05, 0) is 66.3 Å². The Bertz CT molecular complexity index is 893. The lowest BCUT2D eigenvalue weighted by atomic mass is 10.2. The van der Waals surface area contributed by atoms with Crippen LogP contribution >= 0.6 is 15.9 Å². The van der Waals surface area contributed by atoms with E-state index in [0.29, 0.717) is 40.4 Å². The van der Waals surface area contributed by atoms with Gasteiger partial charge in [0.05, 0.1) is 22.7 Å². The highest BCUT2D eigenvalue weighted by Gasteiger charge is 2.14. The average Bonchev–Trinajstić information content (AvgIpc) is 2.77. The summed E-state index contributed by atoms with van der Waals surface area (Å²) in [5.74, 6) is 1.23. The van der Waals surface area contributed by atoms with E-state index in [4.69, 9.17) is 19.5 Å². The standard InChI is InChI=1S/C23H28BrN3O4/c1-4-27(5-2)11-12-30-19-9-7-18(8-10-19)26-22(28)16-31-23-20(24)13-17(15-25)14-21(23)29-6-3/h7-10,13-14H,4-6,11-12,16H2,1-3H3,(H,26,28). The number of nitrogens with one attached hydrogen (secondary N) is 1. The van der Waals surface area contributed by atoms with Crippen molar-refractivity contribution >= 4 is 27.5 Å². The molecular weight excluding hydrogens is 462 g/mol. The van der Waals surface area contributed by atoms with Crippen LogP contribution < -0.4 is 19.5 Å². The first-order valence-electron chi connectivity index (χ1n) is 10.2. The number of benzene rings is 2. The first-order valence-corrected chi connectivity index (χ1v) is 11.0. The highest BCUT2D eigenvalue weighted by molar-refractivity contribution is 9.10. The molecule has 8 heteroatoms. The Morgan fingerprint density at radius 1 is 1.10 bits per heavy atom. The molecule has 0 heterocycles. The predicted molar refractivity (Wildman–Crippen MR) is 124 cm³/mol. The number of likely N-dealkylation sites (N-methyl/N-ethyl adjacent to an activating group) is 1. The van der Waals surface area contributed by atoms with Gasteiger partial charge < -0.3 is 24.4 Å². The number of hydrogen-bond acceptors (Lipinski definition) is 6. The zero-order chi connectivity index (χ0) is 22.6. The van der Waals surface area contributed by atoms with E-state index in [9.17, 15) is 4.79 Å². The predicted octanol–water partition coefficient (Wildman–Crippen LogP) is 4.46. The Morgan fingerprint density at radius 2 is 1.81 bits per heavy atom. The van der Waals surface area contributed by atoms with Crippen LogP contribution in [0, 0.1) is 11.3 Å². The second kappa shape index (κ2) is 12.8. The summed E-state index contributed by atoms with van der Waals surface area (Å²) in [6.45, 7) is 9.78. The summed E-state index contributed by atoms with van der Waals surface area (Å²) in [5.41, 5.74) is 1.08. The summed E-state index contributed by atoms with van der Waals surface area (Å²) < 4.78 is 17.5. The molecule has 1 N–H and O–H groups in total. The summed E-state index contributed by atoms with van der Waals surface area (Å²) in [4.78, 5) is 14.6. The molecule has 2 rings (SSSR count). The molecule has 2 aromatic rings. The lowest BCUT2D eigenvalue weighted by molar-refractivity contribution is -0.118. The highest BCUT2D eigenvalue weighted by Crippen LogP contribution is 2.36. The van der Waals surface area contributed by atoms with Gasteiger partial charge in [0.25, 0.3) is 5.91 Å². The Balaban J connectivity index is 1.88. The average molecular weight is 490 g/mol. The van der Waals surface area contributed by atoms with Gasteiger partial charge in [-0.15, -0.1) is 0 Å². The number of carbonyl (C=O) groups excluding carboxylic acids is 1. The molecule has 0 fully saturated rings. The molecule has 0 aliphatic rings. The monoisotopic (exact) mass is 489 g/mol. The minimum Gasteiger partial charge on any atom is -0.492 e. The molecular formula is C23H28BrN3O4. The smallest absolute Gasteiger partial charge is 0.262 e. The van der Waals surface area contributed by atoms with Gasteiger partial charge >= 0.3 is 0 Å². The summed E-state index contributed by atoms with van der Waals surface area (Å²) >= 11 is 3.37. The van der Waals surface area contributed by atoms with Gasteiger partial charge in [0.2, 0.25) is 0 Å². The molecule has 166 valence electrons. The molecule has 0 saturated carbocycles. The van der Waals surface area contributed by atoms with Crippen LogP contribution in [0.25, 0.3) is 0 Å². The molecule has 1 amide bonds. The van der Waals surface area contributed by atoms with Crippen LogP contribution in [0.15, 0.2) is 40.9 Å². The maximum absolute atomic E-state index is 12.3. The number of carbonyl (C=O) groups is 1. The number of amides is 1. The maximum Gasteiger partial charge on any atom is 0.262 e. The van der Waals surface area contributed by atoms with E-state index in [1.807, 2.05) is 19.1 Å². The minimum absolute atomic E-state index is 0.202. The third kappa shape index (κ3) is 7.78. The third-order valence-corrected chi connectivity index (χ3v) is 5.08. The second-order valence-corrected chi connectivity index (χ2v) is 7.42. The van der Waals surface area contributed by atoms with Crippen LogP contribution in [0.5, 0.6) is 17.2 Å². The second-order valence-electron chi connectivity index (χ2n) is 6.57. The minimum atomic E-state index is -0.311. The molecule has 31 heavy (non-hydrogen) atoms. The van der Waals surface area contributed by atoms with E-state index in [0.717, 1.165) is 25.4 Å². The van der Waals surface area contributed by atoms with Crippen molar-refractivity contribution < 1.29 is 19.0 Å². The van der Waals surface area contributed by atoms with Crippen molar-refractivity contribution in [2.24, 2.45) is 0 Å². The molecule has 0 unspecified atom stereocenters. The largest absolute Gasteiger partial charge is 0.492 e. The number of nitrogens with zero attached hydrogens (tertiary/aromatic N) is 2. The summed E-state index contributed by atoms with van der Waals surface area (Å²) in [7, 11) is 0. The van der Waals surface area contributed by atoms with Crippen LogP contribution in [0.2, 0.25) is 0 Å². The van der Waals surface area contributed by atoms with Crippen molar-refractivity contribution in [3.63, 3.8) is 0 Å². The molecule has 7 nitrogen and oxygen atoms in total. The van der Waals surface area contributed by atoms with Gasteiger partial charge in [-0.3, -0.25) is 4.79 Å². The van der Waals surface area contributed by atoms with E-state index in [1.165, 1.54) is 0 Å². The quantitative estimate of drug-likeness (QED) is 0.473. The molecule has 0 atom stereocenters. The Labute approximate surface area is 192 Å². The number of anilines is 1. The zero-order valence-electron chi connectivity index (χ0n) is 18.1. The topological polar surface area (TPSA) is 83.8 Å². The zero-order valence-corrected chi connectivity index (χ0v) is 19.7. The van der Waals surface area contributed by atoms with Gasteiger partial charge in [0, 0.05) is 18.3 Å². The maximum atomic E-state index is 12.3. The number of nitriles is 1. The lowest BCUT2D eigenvalue weighted by Crippen LogP contribution is -2.27. The summed E-state index contributed by atoms with van der Waals surface area (Å²) in [5, 5.41) is 11.9. The van der Waals surface area contributed by atoms with Gasteiger partial charge in [0.1, 0.15) is 12.4 Å². The highest BCUT2D eigenvalue weighted by atomic mass is 79.9. The number of hydrogen-bond donors (Lipinski definition) is 1. The van der Waals surface area contributed by atoms with Crippen LogP contribution in [0.4, 0.5) is 5.69 Å². The molecule has 0 aliphatic carbocycles. The normalized spacial score (nSPS) is 10.5. The van der Waals surface area contributed by atoms with Crippen molar-refractivity contribution in [3.8, 4) is 23.3 Å². The molecule has 0 bridgehead atoms. The van der Waals surface area contributed by atoms with E-state index in [-0.39, 0.29) is 12.5 Å². The van der Waals surface area contributed by atoms with Crippen LogP contribution in [0.1, 0.15) is 26.3 Å². The number of halogens is 1. The fraction of sp³-hybridized carbons (Fsp3) is 0.391. The van der Waals surface area contributed by atoms with Gasteiger partial charge in [-0.2, -0.15) is 5.26 Å². The van der Waals surface area contributed by atoms with E-state index in [1.54, 1.807) is 24.3 Å². The fourth-order valence-electron chi connectivity index (χ4n) is 2.84. The Hall–Kier alpha value is -2.76. The Kier molecular flexibility index (Phi) is 10.1. The van der Waals surface area contributed by atoms with Gasteiger partial charge in [-0.25, -0.2) is 0 Å². The van der Waals surface area contributed by atoms with Crippen LogP contribution in [-0.2, 0) is 4.79 Å². The van der Waals surface area contributed by atoms with Crippen LogP contribution in [-0.4, -0.2) is 50.3 Å². The molecule has 0 radical (unpaired) electrons. The Morgan fingerprint density at radius 3 is 2.42 bits per heavy atom. The molecule has 0 aromatic heterocycles.